The Kier molecular flexibility index (Phi) is 6.19. The van der Waals surface area contributed by atoms with E-state index in [0.717, 1.165) is 30.4 Å². The van der Waals surface area contributed by atoms with Crippen LogP contribution in [0, 0.1) is 5.82 Å². The molecule has 3 heterocycles. The summed E-state index contributed by atoms with van der Waals surface area (Å²) in [5.74, 6) is 0.628. The Morgan fingerprint density at radius 1 is 1.24 bits per heavy atom. The summed E-state index contributed by atoms with van der Waals surface area (Å²) >= 11 is 0. The predicted molar refractivity (Wildman–Crippen MR) is 125 cm³/mol. The number of ether oxygens (including phenoxy) is 1. The maximum Gasteiger partial charge on any atom is 0.165 e. The number of anilines is 1. The summed E-state index contributed by atoms with van der Waals surface area (Å²) in [6, 6.07) is 7.75. The Labute approximate surface area is 196 Å². The third kappa shape index (κ3) is 4.35. The standard InChI is InChI=1S/C25H27F2N5O2/c1-16(19-13-18(27)5-6-23(19)34-12-9-26)29-24-8-11-32-25(30-24)20(14-28-32)17-7-10-31(15-17)21-3-2-4-22(21)33/h5-8,10-11,13-16,21-22,33H,2-4,9,12H2,1H3,(H,29,30). The number of nitrogens with zero attached hydrogens (tertiary/aromatic N) is 4. The lowest BCUT2D eigenvalue weighted by Crippen LogP contribution is -2.16. The van der Waals surface area contributed by atoms with Gasteiger partial charge in [0.05, 0.1) is 24.4 Å². The largest absolute Gasteiger partial charge is 0.490 e. The Morgan fingerprint density at radius 3 is 2.91 bits per heavy atom. The van der Waals surface area contributed by atoms with E-state index in [-0.39, 0.29) is 24.8 Å². The third-order valence-corrected chi connectivity index (χ3v) is 6.36. The molecule has 9 heteroatoms. The van der Waals surface area contributed by atoms with Crippen molar-refractivity contribution in [3.8, 4) is 16.9 Å². The molecule has 1 aliphatic carbocycles. The summed E-state index contributed by atoms with van der Waals surface area (Å²) in [4.78, 5) is 4.75. The average Bonchev–Trinajstić information content (AvgIpc) is 3.57. The predicted octanol–water partition coefficient (Wildman–Crippen LogP) is 4.94. The monoisotopic (exact) mass is 467 g/mol. The smallest absolute Gasteiger partial charge is 0.165 e. The number of fused-ring (bicyclic) bond motifs is 1. The van der Waals surface area contributed by atoms with Crippen LogP contribution in [0.1, 0.15) is 43.8 Å². The summed E-state index contributed by atoms with van der Waals surface area (Å²) in [6.07, 6.45) is 10.1. The first-order valence-electron chi connectivity index (χ1n) is 11.5. The first-order chi connectivity index (χ1) is 16.5. The Balaban J connectivity index is 1.41. The molecule has 3 unspecified atom stereocenters. The van der Waals surface area contributed by atoms with Gasteiger partial charge >= 0.3 is 0 Å². The number of nitrogens with one attached hydrogen (secondary N) is 1. The molecular formula is C25H27F2N5O2. The van der Waals surface area contributed by atoms with Gasteiger partial charge in [-0.3, -0.25) is 0 Å². The average molecular weight is 468 g/mol. The fraction of sp³-hybridized carbons (Fsp3) is 0.360. The molecule has 5 rings (SSSR count). The summed E-state index contributed by atoms with van der Waals surface area (Å²) in [7, 11) is 0. The summed E-state index contributed by atoms with van der Waals surface area (Å²) in [5.41, 5.74) is 3.10. The van der Waals surface area contributed by atoms with Crippen LogP contribution in [0.4, 0.5) is 14.6 Å². The Bertz CT molecular complexity index is 1290. The van der Waals surface area contributed by atoms with E-state index in [1.807, 2.05) is 31.6 Å². The molecule has 178 valence electrons. The molecule has 1 aliphatic rings. The number of alkyl halides is 1. The number of hydrogen-bond acceptors (Lipinski definition) is 5. The normalized spacial score (nSPS) is 18.9. The van der Waals surface area contributed by atoms with E-state index in [4.69, 9.17) is 9.72 Å². The lowest BCUT2D eigenvalue weighted by atomic mass is 10.1. The van der Waals surface area contributed by atoms with E-state index in [0.29, 0.717) is 22.8 Å². The van der Waals surface area contributed by atoms with Crippen LogP contribution in [-0.4, -0.2) is 43.7 Å². The minimum absolute atomic E-state index is 0.0910. The van der Waals surface area contributed by atoms with Gasteiger partial charge < -0.3 is 19.7 Å². The van der Waals surface area contributed by atoms with E-state index in [9.17, 15) is 13.9 Å². The Morgan fingerprint density at radius 2 is 2.12 bits per heavy atom. The first kappa shape index (κ1) is 22.3. The van der Waals surface area contributed by atoms with E-state index in [2.05, 4.69) is 15.0 Å². The number of halogens is 2. The number of aliphatic hydroxyl groups excluding tert-OH is 1. The van der Waals surface area contributed by atoms with Crippen LogP contribution >= 0.6 is 0 Å². The van der Waals surface area contributed by atoms with E-state index < -0.39 is 12.5 Å². The van der Waals surface area contributed by atoms with Crippen molar-refractivity contribution in [3.63, 3.8) is 0 Å². The lowest BCUT2D eigenvalue weighted by molar-refractivity contribution is 0.136. The maximum atomic E-state index is 13.9. The number of aliphatic hydroxyl groups is 1. The van der Waals surface area contributed by atoms with Crippen LogP contribution in [0.2, 0.25) is 0 Å². The molecule has 0 radical (unpaired) electrons. The highest BCUT2D eigenvalue weighted by molar-refractivity contribution is 5.77. The lowest BCUT2D eigenvalue weighted by Gasteiger charge is -2.19. The maximum absolute atomic E-state index is 13.9. The fourth-order valence-corrected chi connectivity index (χ4v) is 4.64. The summed E-state index contributed by atoms with van der Waals surface area (Å²) in [6.45, 7) is 1.15. The summed E-state index contributed by atoms with van der Waals surface area (Å²) < 4.78 is 35.7. The first-order valence-corrected chi connectivity index (χ1v) is 11.5. The van der Waals surface area contributed by atoms with Crippen molar-refractivity contribution in [3.05, 3.63) is 66.5 Å². The molecule has 1 fully saturated rings. The van der Waals surface area contributed by atoms with Crippen LogP contribution < -0.4 is 10.1 Å². The van der Waals surface area contributed by atoms with Gasteiger partial charge in [0.25, 0.3) is 0 Å². The van der Waals surface area contributed by atoms with Gasteiger partial charge in [-0.2, -0.15) is 5.10 Å². The highest BCUT2D eigenvalue weighted by Crippen LogP contribution is 2.33. The zero-order chi connectivity index (χ0) is 23.7. The molecule has 1 saturated carbocycles. The highest BCUT2D eigenvalue weighted by atomic mass is 19.1. The fourth-order valence-electron chi connectivity index (χ4n) is 4.64. The second-order valence-electron chi connectivity index (χ2n) is 8.64. The van der Waals surface area contributed by atoms with Crippen LogP contribution in [-0.2, 0) is 0 Å². The zero-order valence-corrected chi connectivity index (χ0v) is 18.9. The molecule has 0 aliphatic heterocycles. The van der Waals surface area contributed by atoms with Crippen LogP contribution in [0.3, 0.4) is 0 Å². The molecular weight excluding hydrogens is 440 g/mol. The zero-order valence-electron chi connectivity index (χ0n) is 18.9. The van der Waals surface area contributed by atoms with Crippen molar-refractivity contribution in [2.75, 3.05) is 18.6 Å². The van der Waals surface area contributed by atoms with Gasteiger partial charge in [0.2, 0.25) is 0 Å². The van der Waals surface area contributed by atoms with Crippen LogP contribution in [0.5, 0.6) is 5.75 Å². The molecule has 0 bridgehead atoms. The quantitative estimate of drug-likeness (QED) is 0.384. The molecule has 0 spiro atoms. The van der Waals surface area contributed by atoms with Crippen molar-refractivity contribution in [1.82, 2.24) is 19.2 Å². The minimum Gasteiger partial charge on any atom is -0.490 e. The van der Waals surface area contributed by atoms with Gasteiger partial charge in [-0.25, -0.2) is 18.3 Å². The van der Waals surface area contributed by atoms with Gasteiger partial charge in [-0.1, -0.05) is 0 Å². The molecule has 2 N–H and O–H groups in total. The molecule has 1 aromatic carbocycles. The van der Waals surface area contributed by atoms with Crippen molar-refractivity contribution >= 4 is 11.5 Å². The molecule has 3 atom stereocenters. The summed E-state index contributed by atoms with van der Waals surface area (Å²) in [5, 5.41) is 17.9. The number of benzene rings is 1. The van der Waals surface area contributed by atoms with Gasteiger partial charge in [0.1, 0.15) is 30.7 Å². The van der Waals surface area contributed by atoms with Crippen LogP contribution in [0.15, 0.2) is 55.1 Å². The Hall–Kier alpha value is -3.46. The van der Waals surface area contributed by atoms with Gasteiger partial charge in [-0.15, -0.1) is 0 Å². The van der Waals surface area contributed by atoms with E-state index in [1.165, 1.54) is 18.2 Å². The second-order valence-corrected chi connectivity index (χ2v) is 8.64. The highest BCUT2D eigenvalue weighted by Gasteiger charge is 2.26. The van der Waals surface area contributed by atoms with Gasteiger partial charge in [0, 0.05) is 35.3 Å². The number of aromatic nitrogens is 4. The van der Waals surface area contributed by atoms with Crippen molar-refractivity contribution < 1.29 is 18.6 Å². The molecule has 0 amide bonds. The second kappa shape index (κ2) is 9.42. The number of hydrogen-bond donors (Lipinski definition) is 2. The SMILES string of the molecule is CC(Nc1ccn2ncc(-c3ccn(C4CCCC4O)c3)c2n1)c1cc(F)ccc1OCCF. The number of rotatable bonds is 8. The van der Waals surface area contributed by atoms with Crippen molar-refractivity contribution in [1.29, 1.82) is 0 Å². The van der Waals surface area contributed by atoms with Crippen LogP contribution in [0.25, 0.3) is 16.8 Å². The molecule has 0 saturated heterocycles. The third-order valence-electron chi connectivity index (χ3n) is 6.36. The molecule has 7 nitrogen and oxygen atoms in total. The van der Waals surface area contributed by atoms with E-state index >= 15 is 0 Å². The molecule has 3 aromatic heterocycles. The molecule has 34 heavy (non-hydrogen) atoms. The van der Waals surface area contributed by atoms with Crippen molar-refractivity contribution in [2.24, 2.45) is 0 Å². The van der Waals surface area contributed by atoms with Crippen molar-refractivity contribution in [2.45, 2.75) is 44.4 Å². The van der Waals surface area contributed by atoms with Gasteiger partial charge in [0.15, 0.2) is 5.65 Å². The molecule has 4 aromatic rings. The minimum atomic E-state index is -0.623. The van der Waals surface area contributed by atoms with E-state index in [1.54, 1.807) is 16.8 Å². The van der Waals surface area contributed by atoms with Gasteiger partial charge in [-0.05, 0) is 56.5 Å². The topological polar surface area (TPSA) is 76.6 Å².